The van der Waals surface area contributed by atoms with Crippen LogP contribution in [-0.4, -0.2) is 43.7 Å². The predicted octanol–water partition coefficient (Wildman–Crippen LogP) is 6.67. The van der Waals surface area contributed by atoms with Crippen molar-refractivity contribution < 1.29 is 45.4 Å². The summed E-state index contributed by atoms with van der Waals surface area (Å²) in [5.74, 6) is -2.18. The number of benzene rings is 2. The Labute approximate surface area is 244 Å². The number of nitrogens with zero attached hydrogens (tertiary/aromatic N) is 2. The molecule has 8 nitrogen and oxygen atoms in total. The summed E-state index contributed by atoms with van der Waals surface area (Å²) in [6.07, 6.45) is -4.20. The van der Waals surface area contributed by atoms with Crippen molar-refractivity contribution in [2.45, 2.75) is 43.9 Å². The van der Waals surface area contributed by atoms with Gasteiger partial charge in [-0.15, -0.1) is 0 Å². The fraction of sp³-hybridized carbons (Fsp3) is 0.286. The third-order valence-corrected chi connectivity index (χ3v) is 8.42. The molecule has 0 spiro atoms. The number of carboxylic acids is 1. The van der Waals surface area contributed by atoms with Gasteiger partial charge in [0.05, 0.1) is 29.4 Å². The smallest absolute Gasteiger partial charge is 0.417 e. The van der Waals surface area contributed by atoms with E-state index in [0.29, 0.717) is 23.4 Å². The first-order valence-electron chi connectivity index (χ1n) is 12.6. The zero-order chi connectivity index (χ0) is 30.8. The molecule has 14 heteroatoms. The normalized spacial score (nSPS) is 15.6. The number of sulfonamides is 1. The number of halogens is 5. The van der Waals surface area contributed by atoms with Gasteiger partial charge in [-0.2, -0.15) is 13.2 Å². The number of anilines is 1. The van der Waals surface area contributed by atoms with E-state index in [1.807, 2.05) is 0 Å². The lowest BCUT2D eigenvalue weighted by Crippen LogP contribution is -2.44. The molecule has 2 aromatic carbocycles. The number of aliphatic carboxylic acids is 1. The van der Waals surface area contributed by atoms with Gasteiger partial charge in [-0.25, -0.2) is 17.8 Å². The maximum atomic E-state index is 14.5. The molecule has 4 rings (SSSR count). The highest BCUT2D eigenvalue weighted by Crippen LogP contribution is 2.42. The van der Waals surface area contributed by atoms with Gasteiger partial charge in [0.15, 0.2) is 4.90 Å². The Morgan fingerprint density at radius 3 is 2.64 bits per heavy atom. The van der Waals surface area contributed by atoms with Gasteiger partial charge in [-0.05, 0) is 61.7 Å². The number of hydrogen-bond acceptors (Lipinski definition) is 6. The number of alkyl halides is 3. The Morgan fingerprint density at radius 2 is 2.00 bits per heavy atom. The summed E-state index contributed by atoms with van der Waals surface area (Å²) in [5.41, 5.74) is -0.352. The SMILES string of the molecule is CCOc1ncc(C(F)(F)F)cc1S(=O)(=O)N1CC(CCC(=O)O)Oc2ccc(/C=C(\C)c3c(F)cccc3Cl)cc21. The summed E-state index contributed by atoms with van der Waals surface area (Å²) in [4.78, 5) is 14.0. The van der Waals surface area contributed by atoms with Crippen molar-refractivity contribution in [3.63, 3.8) is 0 Å². The van der Waals surface area contributed by atoms with Crippen molar-refractivity contribution in [2.75, 3.05) is 17.5 Å². The minimum atomic E-state index is -4.89. The maximum absolute atomic E-state index is 14.5. The number of ether oxygens (including phenoxy) is 2. The van der Waals surface area contributed by atoms with Crippen molar-refractivity contribution in [2.24, 2.45) is 0 Å². The van der Waals surface area contributed by atoms with Crippen LogP contribution < -0.4 is 13.8 Å². The summed E-state index contributed by atoms with van der Waals surface area (Å²) < 4.78 is 95.2. The minimum absolute atomic E-state index is 0.0254. The van der Waals surface area contributed by atoms with Gasteiger partial charge in [0.1, 0.15) is 17.7 Å². The van der Waals surface area contributed by atoms with E-state index in [2.05, 4.69) is 4.98 Å². The molecular weight excluding hydrogens is 604 g/mol. The fourth-order valence-corrected chi connectivity index (χ4v) is 6.34. The molecule has 0 fully saturated rings. The van der Waals surface area contributed by atoms with Crippen molar-refractivity contribution in [3.05, 3.63) is 76.2 Å². The minimum Gasteiger partial charge on any atom is -0.486 e. The highest BCUT2D eigenvalue weighted by molar-refractivity contribution is 7.93. The molecule has 3 aromatic rings. The van der Waals surface area contributed by atoms with Gasteiger partial charge in [0.25, 0.3) is 10.0 Å². The van der Waals surface area contributed by atoms with E-state index < -0.39 is 57.0 Å². The Kier molecular flexibility index (Phi) is 9.02. The molecule has 0 amide bonds. The van der Waals surface area contributed by atoms with Crippen molar-refractivity contribution in [3.8, 4) is 11.6 Å². The van der Waals surface area contributed by atoms with E-state index in [4.69, 9.17) is 26.2 Å². The summed E-state index contributed by atoms with van der Waals surface area (Å²) in [7, 11) is -4.78. The average Bonchev–Trinajstić information content (AvgIpc) is 2.91. The van der Waals surface area contributed by atoms with Crippen LogP contribution in [0.15, 0.2) is 53.6 Å². The standard InChI is InChI=1S/C28H25ClF4N2O6S/c1-3-40-27-24(13-18(14-34-27)28(31,32)33)42(38,39)35-15-19(8-10-25(36)37)41-23-9-7-17(12-22(23)35)11-16(2)26-20(29)5-4-6-21(26)30/h4-7,9,11-14,19H,3,8,10,15H2,1-2H3,(H,36,37)/b16-11+. The summed E-state index contributed by atoms with van der Waals surface area (Å²) in [5, 5.41) is 9.30. The summed E-state index contributed by atoms with van der Waals surface area (Å²) in [6, 6.07) is 9.09. The molecule has 1 aliphatic heterocycles. The molecule has 42 heavy (non-hydrogen) atoms. The van der Waals surface area contributed by atoms with Crippen LogP contribution in [0.1, 0.15) is 43.4 Å². The number of carbonyl (C=O) groups is 1. The lowest BCUT2D eigenvalue weighted by molar-refractivity contribution is -0.138. The van der Waals surface area contributed by atoms with E-state index in [1.54, 1.807) is 19.1 Å². The molecule has 1 N–H and O–H groups in total. The number of pyridine rings is 1. The van der Waals surface area contributed by atoms with E-state index in [0.717, 1.165) is 4.31 Å². The van der Waals surface area contributed by atoms with Crippen LogP contribution in [0.4, 0.5) is 23.2 Å². The van der Waals surface area contributed by atoms with Gasteiger partial charge < -0.3 is 14.6 Å². The molecule has 0 bridgehead atoms. The van der Waals surface area contributed by atoms with Crippen LogP contribution >= 0.6 is 11.6 Å². The molecule has 0 aliphatic carbocycles. The molecule has 1 aliphatic rings. The third kappa shape index (κ3) is 6.62. The van der Waals surface area contributed by atoms with Crippen molar-refractivity contribution in [1.29, 1.82) is 0 Å². The Hall–Kier alpha value is -3.84. The molecule has 0 saturated heterocycles. The van der Waals surface area contributed by atoms with Crippen molar-refractivity contribution >= 4 is 44.9 Å². The second kappa shape index (κ2) is 12.2. The first-order chi connectivity index (χ1) is 19.7. The van der Waals surface area contributed by atoms with E-state index >= 15 is 0 Å². The zero-order valence-corrected chi connectivity index (χ0v) is 23.9. The van der Waals surface area contributed by atoms with Crippen molar-refractivity contribution in [1.82, 2.24) is 4.98 Å². The topological polar surface area (TPSA) is 106 Å². The number of hydrogen-bond donors (Lipinski definition) is 1. The number of carboxylic acid groups (broad SMARTS) is 1. The monoisotopic (exact) mass is 628 g/mol. The highest BCUT2D eigenvalue weighted by atomic mass is 35.5. The van der Waals surface area contributed by atoms with Crippen LogP contribution in [-0.2, 0) is 21.0 Å². The number of aromatic nitrogens is 1. The van der Waals surface area contributed by atoms with Crippen LogP contribution in [0, 0.1) is 5.82 Å². The first-order valence-corrected chi connectivity index (χ1v) is 14.4. The average molecular weight is 629 g/mol. The van der Waals surface area contributed by atoms with Crippen LogP contribution in [0.2, 0.25) is 5.02 Å². The van der Waals surface area contributed by atoms with E-state index in [9.17, 15) is 30.8 Å². The number of rotatable bonds is 9. The quantitative estimate of drug-likeness (QED) is 0.208. The largest absolute Gasteiger partial charge is 0.486 e. The van der Waals surface area contributed by atoms with Crippen LogP contribution in [0.5, 0.6) is 11.6 Å². The molecule has 0 radical (unpaired) electrons. The first kappa shape index (κ1) is 31.1. The maximum Gasteiger partial charge on any atom is 0.417 e. The molecule has 0 saturated carbocycles. The Morgan fingerprint density at radius 1 is 1.26 bits per heavy atom. The second-order valence-corrected chi connectivity index (χ2v) is 11.6. The zero-order valence-electron chi connectivity index (χ0n) is 22.3. The fourth-order valence-electron chi connectivity index (χ4n) is 4.41. The molecule has 224 valence electrons. The lowest BCUT2D eigenvalue weighted by atomic mass is 10.0. The molecular formula is C28H25ClF4N2O6S. The van der Waals surface area contributed by atoms with Gasteiger partial charge in [0.2, 0.25) is 5.88 Å². The Balaban J connectivity index is 1.86. The Bertz CT molecular complexity index is 1630. The van der Waals surface area contributed by atoms with Crippen LogP contribution in [0.3, 0.4) is 0 Å². The highest BCUT2D eigenvalue weighted by Gasteiger charge is 2.39. The predicted molar refractivity (Wildman–Crippen MR) is 148 cm³/mol. The van der Waals surface area contributed by atoms with Gasteiger partial charge >= 0.3 is 12.1 Å². The second-order valence-electron chi connectivity index (χ2n) is 9.32. The van der Waals surface area contributed by atoms with Crippen LogP contribution in [0.25, 0.3) is 11.6 Å². The summed E-state index contributed by atoms with van der Waals surface area (Å²) in [6.45, 7) is 2.65. The molecule has 1 unspecified atom stereocenters. The van der Waals surface area contributed by atoms with Gasteiger partial charge in [-0.3, -0.25) is 9.10 Å². The van der Waals surface area contributed by atoms with Gasteiger partial charge in [-0.1, -0.05) is 29.8 Å². The summed E-state index contributed by atoms with van der Waals surface area (Å²) >= 11 is 6.18. The van der Waals surface area contributed by atoms with Gasteiger partial charge in [0, 0.05) is 18.2 Å². The van der Waals surface area contributed by atoms with E-state index in [-0.39, 0.29) is 41.5 Å². The number of fused-ring (bicyclic) bond motifs is 1. The number of allylic oxidation sites excluding steroid dienone is 1. The molecule has 1 aromatic heterocycles. The lowest BCUT2D eigenvalue weighted by Gasteiger charge is -2.35. The van der Waals surface area contributed by atoms with E-state index in [1.165, 1.54) is 37.3 Å². The molecule has 1 atom stereocenters. The molecule has 2 heterocycles. The third-order valence-electron chi connectivity index (χ3n) is 6.33.